The molecule has 0 unspecified atom stereocenters. The Labute approximate surface area is 156 Å². The van der Waals surface area contributed by atoms with Gasteiger partial charge in [0.2, 0.25) is 5.91 Å². The molecule has 0 radical (unpaired) electrons. The number of anilines is 3. The van der Waals surface area contributed by atoms with Crippen LogP contribution in [0, 0.1) is 13.8 Å². The molecule has 8 nitrogen and oxygen atoms in total. The molecule has 0 atom stereocenters. The number of rotatable bonds is 5. The van der Waals surface area contributed by atoms with Crippen molar-refractivity contribution in [2.45, 2.75) is 20.4 Å². The number of nitrogens with zero attached hydrogens (tertiary/aromatic N) is 3. The lowest BCUT2D eigenvalue weighted by molar-refractivity contribution is -0.116. The van der Waals surface area contributed by atoms with E-state index in [9.17, 15) is 9.59 Å². The van der Waals surface area contributed by atoms with E-state index in [-0.39, 0.29) is 24.0 Å². The largest absolute Gasteiger partial charge is 0.382 e. The lowest BCUT2D eigenvalue weighted by atomic mass is 10.1. The Hall–Kier alpha value is -3.68. The van der Waals surface area contributed by atoms with E-state index in [2.05, 4.69) is 20.9 Å². The summed E-state index contributed by atoms with van der Waals surface area (Å²) in [4.78, 5) is 24.7. The minimum Gasteiger partial charge on any atom is -0.382 e. The molecule has 0 saturated heterocycles. The van der Waals surface area contributed by atoms with Crippen LogP contribution in [0.1, 0.15) is 21.6 Å². The molecule has 0 bridgehead atoms. The number of benzene rings is 2. The fraction of sp³-hybridized carbons (Fsp3) is 0.158. The topological polar surface area (TPSA) is 115 Å². The number of amides is 2. The average molecular weight is 364 g/mol. The van der Waals surface area contributed by atoms with Crippen molar-refractivity contribution in [2.24, 2.45) is 0 Å². The second kappa shape index (κ2) is 7.69. The van der Waals surface area contributed by atoms with Crippen molar-refractivity contribution in [3.63, 3.8) is 0 Å². The molecular weight excluding hydrogens is 344 g/mol. The number of nitrogens with one attached hydrogen (secondary N) is 2. The van der Waals surface area contributed by atoms with Crippen molar-refractivity contribution in [3.05, 3.63) is 65.4 Å². The normalized spacial score (nSPS) is 10.4. The first-order chi connectivity index (χ1) is 13.0. The predicted molar refractivity (Wildman–Crippen MR) is 103 cm³/mol. The maximum Gasteiger partial charge on any atom is 0.280 e. The zero-order chi connectivity index (χ0) is 19.4. The van der Waals surface area contributed by atoms with Gasteiger partial charge in [0, 0.05) is 11.4 Å². The molecule has 0 spiro atoms. The highest BCUT2D eigenvalue weighted by Crippen LogP contribution is 2.19. The number of nitrogens with two attached hydrogens (primary N) is 1. The first kappa shape index (κ1) is 18.1. The Balaban J connectivity index is 1.70. The SMILES string of the molecule is Cc1cccc(C)c1NC(=O)Cn1nnc(C(=O)Nc2ccccc2)c1N. The third-order valence-electron chi connectivity index (χ3n) is 4.06. The summed E-state index contributed by atoms with van der Waals surface area (Å²) in [6, 6.07) is 14.7. The molecule has 27 heavy (non-hydrogen) atoms. The molecule has 1 heterocycles. The molecule has 138 valence electrons. The van der Waals surface area contributed by atoms with Gasteiger partial charge in [0.15, 0.2) is 11.5 Å². The van der Waals surface area contributed by atoms with Crippen LogP contribution in [0.3, 0.4) is 0 Å². The molecule has 4 N–H and O–H groups in total. The van der Waals surface area contributed by atoms with E-state index in [1.54, 1.807) is 24.3 Å². The van der Waals surface area contributed by atoms with Crippen LogP contribution in [0.4, 0.5) is 17.2 Å². The van der Waals surface area contributed by atoms with Gasteiger partial charge < -0.3 is 16.4 Å². The molecule has 0 aliphatic carbocycles. The molecular formula is C19H20N6O2. The summed E-state index contributed by atoms with van der Waals surface area (Å²) in [5, 5.41) is 13.2. The number of carbonyl (C=O) groups is 2. The van der Waals surface area contributed by atoms with E-state index in [1.165, 1.54) is 4.68 Å². The van der Waals surface area contributed by atoms with E-state index < -0.39 is 5.91 Å². The molecule has 0 fully saturated rings. The fourth-order valence-electron chi connectivity index (χ4n) is 2.64. The number of nitrogen functional groups attached to an aromatic ring is 1. The van der Waals surface area contributed by atoms with Crippen molar-refractivity contribution < 1.29 is 9.59 Å². The van der Waals surface area contributed by atoms with Gasteiger partial charge in [-0.2, -0.15) is 0 Å². The van der Waals surface area contributed by atoms with Crippen molar-refractivity contribution in [1.29, 1.82) is 0 Å². The third kappa shape index (κ3) is 4.12. The van der Waals surface area contributed by atoms with Gasteiger partial charge in [0.1, 0.15) is 6.54 Å². The Morgan fingerprint density at radius 1 is 1.00 bits per heavy atom. The monoisotopic (exact) mass is 364 g/mol. The van der Waals surface area contributed by atoms with Crippen LogP contribution in [0.25, 0.3) is 0 Å². The van der Waals surface area contributed by atoms with Crippen LogP contribution < -0.4 is 16.4 Å². The summed E-state index contributed by atoms with van der Waals surface area (Å²) in [6.07, 6.45) is 0. The Morgan fingerprint density at radius 3 is 2.33 bits per heavy atom. The summed E-state index contributed by atoms with van der Waals surface area (Å²) in [6.45, 7) is 3.68. The zero-order valence-electron chi connectivity index (χ0n) is 15.1. The molecule has 0 saturated carbocycles. The van der Waals surface area contributed by atoms with E-state index in [1.807, 2.05) is 38.1 Å². The van der Waals surface area contributed by atoms with E-state index in [4.69, 9.17) is 5.73 Å². The van der Waals surface area contributed by atoms with Gasteiger partial charge in [-0.3, -0.25) is 9.59 Å². The number of aromatic nitrogens is 3. The van der Waals surface area contributed by atoms with Crippen LogP contribution in [-0.2, 0) is 11.3 Å². The van der Waals surface area contributed by atoms with Gasteiger partial charge in [-0.05, 0) is 37.1 Å². The average Bonchev–Trinajstić information content (AvgIpc) is 3.00. The Morgan fingerprint density at radius 2 is 1.67 bits per heavy atom. The van der Waals surface area contributed by atoms with E-state index in [0.29, 0.717) is 5.69 Å². The Kier molecular flexibility index (Phi) is 5.16. The maximum absolute atomic E-state index is 12.4. The van der Waals surface area contributed by atoms with Gasteiger partial charge in [-0.25, -0.2) is 4.68 Å². The van der Waals surface area contributed by atoms with Crippen LogP contribution in [0.5, 0.6) is 0 Å². The van der Waals surface area contributed by atoms with Crippen LogP contribution >= 0.6 is 0 Å². The minimum absolute atomic E-state index is 0.0279. The quantitative estimate of drug-likeness (QED) is 0.643. The van der Waals surface area contributed by atoms with Crippen molar-refractivity contribution in [1.82, 2.24) is 15.0 Å². The van der Waals surface area contributed by atoms with Gasteiger partial charge in [0.05, 0.1) is 0 Å². The first-order valence-corrected chi connectivity index (χ1v) is 8.37. The number of carbonyl (C=O) groups excluding carboxylic acids is 2. The van der Waals surface area contributed by atoms with Crippen LogP contribution in [0.15, 0.2) is 48.5 Å². The number of hydrogen-bond acceptors (Lipinski definition) is 5. The molecule has 3 aromatic rings. The lowest BCUT2D eigenvalue weighted by Gasteiger charge is -2.11. The highest BCUT2D eigenvalue weighted by atomic mass is 16.2. The highest BCUT2D eigenvalue weighted by Gasteiger charge is 2.19. The molecule has 3 rings (SSSR count). The number of hydrogen-bond donors (Lipinski definition) is 3. The second-order valence-electron chi connectivity index (χ2n) is 6.12. The predicted octanol–water partition coefficient (Wildman–Crippen LogP) is 2.37. The zero-order valence-corrected chi connectivity index (χ0v) is 15.1. The van der Waals surface area contributed by atoms with Crippen LogP contribution in [-0.4, -0.2) is 26.8 Å². The van der Waals surface area contributed by atoms with Crippen LogP contribution in [0.2, 0.25) is 0 Å². The number of aryl methyl sites for hydroxylation is 2. The summed E-state index contributed by atoms with van der Waals surface area (Å²) < 4.78 is 1.20. The van der Waals surface area contributed by atoms with Crippen molar-refractivity contribution in [3.8, 4) is 0 Å². The minimum atomic E-state index is -0.486. The third-order valence-corrected chi connectivity index (χ3v) is 4.06. The summed E-state index contributed by atoms with van der Waals surface area (Å²) in [7, 11) is 0. The second-order valence-corrected chi connectivity index (χ2v) is 6.12. The van der Waals surface area contributed by atoms with Gasteiger partial charge in [0.25, 0.3) is 5.91 Å². The molecule has 2 amide bonds. The maximum atomic E-state index is 12.4. The lowest BCUT2D eigenvalue weighted by Crippen LogP contribution is -2.22. The van der Waals surface area contributed by atoms with Crippen molar-refractivity contribution >= 4 is 29.0 Å². The standard InChI is InChI=1S/C19H20N6O2/c1-12-7-6-8-13(2)16(12)22-15(26)11-25-18(20)17(23-24-25)19(27)21-14-9-4-3-5-10-14/h3-10H,11,20H2,1-2H3,(H,21,27)(H,22,26). The molecule has 1 aromatic heterocycles. The molecule has 0 aliphatic heterocycles. The van der Waals surface area contributed by atoms with Gasteiger partial charge in [-0.1, -0.05) is 41.6 Å². The fourth-order valence-corrected chi connectivity index (χ4v) is 2.64. The first-order valence-electron chi connectivity index (χ1n) is 8.37. The summed E-state index contributed by atoms with van der Waals surface area (Å²) in [5.41, 5.74) is 9.21. The van der Waals surface area contributed by atoms with Gasteiger partial charge in [-0.15, -0.1) is 5.10 Å². The molecule has 0 aliphatic rings. The number of para-hydroxylation sites is 2. The summed E-state index contributed by atoms with van der Waals surface area (Å²) in [5.74, 6) is -0.765. The van der Waals surface area contributed by atoms with E-state index >= 15 is 0 Å². The molecule has 2 aromatic carbocycles. The highest BCUT2D eigenvalue weighted by molar-refractivity contribution is 6.05. The summed E-state index contributed by atoms with van der Waals surface area (Å²) >= 11 is 0. The van der Waals surface area contributed by atoms with Gasteiger partial charge >= 0.3 is 0 Å². The Bertz CT molecular complexity index is 961. The smallest absolute Gasteiger partial charge is 0.280 e. The van der Waals surface area contributed by atoms with E-state index in [0.717, 1.165) is 16.8 Å². The van der Waals surface area contributed by atoms with Crippen molar-refractivity contribution in [2.75, 3.05) is 16.4 Å². The molecule has 8 heteroatoms.